The lowest BCUT2D eigenvalue weighted by Crippen LogP contribution is -2.36. The summed E-state index contributed by atoms with van der Waals surface area (Å²) in [5.41, 5.74) is 1.85. The van der Waals surface area contributed by atoms with Crippen molar-refractivity contribution in [2.45, 2.75) is 32.1 Å². The van der Waals surface area contributed by atoms with E-state index in [1.165, 1.54) is 0 Å². The van der Waals surface area contributed by atoms with Gasteiger partial charge in [0.1, 0.15) is 11.9 Å². The zero-order chi connectivity index (χ0) is 20.1. The molecule has 0 radical (unpaired) electrons. The molecule has 1 aliphatic rings. The fourth-order valence-corrected chi connectivity index (χ4v) is 3.66. The molecule has 2 aromatic rings. The molecule has 6 heteroatoms. The summed E-state index contributed by atoms with van der Waals surface area (Å²) < 4.78 is 5.97. The standard InChI is InChI=1S/C22H27ClN2O3/c1-16-13-25(14-18-12-19(23)8-9-21(18)28-16)11-10-22(27)24(2)15-20(26)17-6-4-3-5-7-17/h3-9,12,16,20,26H,10-11,13-15H2,1-2H3/t16-,20+/m0/s1. The zero-order valence-corrected chi connectivity index (χ0v) is 17.1. The second kappa shape index (κ2) is 9.41. The van der Waals surface area contributed by atoms with Crippen LogP contribution in [0.2, 0.25) is 5.02 Å². The molecule has 2 atom stereocenters. The van der Waals surface area contributed by atoms with Gasteiger partial charge in [-0.1, -0.05) is 41.9 Å². The van der Waals surface area contributed by atoms with Gasteiger partial charge in [-0.2, -0.15) is 0 Å². The Hall–Kier alpha value is -2.08. The van der Waals surface area contributed by atoms with Gasteiger partial charge in [0.15, 0.2) is 0 Å². The van der Waals surface area contributed by atoms with E-state index in [9.17, 15) is 9.90 Å². The number of ether oxygens (including phenoxy) is 1. The Bertz CT molecular complexity index is 800. The third kappa shape index (κ3) is 5.47. The summed E-state index contributed by atoms with van der Waals surface area (Å²) in [6, 6.07) is 15.1. The van der Waals surface area contributed by atoms with Crippen molar-refractivity contribution in [1.29, 1.82) is 0 Å². The molecule has 1 N–H and O–H groups in total. The Kier molecular flexibility index (Phi) is 6.94. The maximum atomic E-state index is 12.6. The largest absolute Gasteiger partial charge is 0.489 e. The molecule has 0 unspecified atom stereocenters. The van der Waals surface area contributed by atoms with Gasteiger partial charge in [0, 0.05) is 43.7 Å². The number of rotatable bonds is 6. The molecule has 28 heavy (non-hydrogen) atoms. The minimum absolute atomic E-state index is 0.0131. The quantitative estimate of drug-likeness (QED) is 0.803. The fraction of sp³-hybridized carbons (Fsp3) is 0.409. The van der Waals surface area contributed by atoms with Crippen LogP contribution in [-0.2, 0) is 11.3 Å². The van der Waals surface area contributed by atoms with Crippen molar-refractivity contribution >= 4 is 17.5 Å². The second-order valence-electron chi connectivity index (χ2n) is 7.37. The van der Waals surface area contributed by atoms with Gasteiger partial charge in [0.25, 0.3) is 0 Å². The van der Waals surface area contributed by atoms with E-state index in [4.69, 9.17) is 16.3 Å². The van der Waals surface area contributed by atoms with Gasteiger partial charge in [-0.25, -0.2) is 0 Å². The minimum atomic E-state index is -0.684. The first-order chi connectivity index (χ1) is 13.4. The van der Waals surface area contributed by atoms with Gasteiger partial charge >= 0.3 is 0 Å². The fourth-order valence-electron chi connectivity index (χ4n) is 3.47. The highest BCUT2D eigenvalue weighted by Gasteiger charge is 2.22. The number of amides is 1. The molecule has 150 valence electrons. The van der Waals surface area contributed by atoms with Gasteiger partial charge in [0.05, 0.1) is 12.6 Å². The summed E-state index contributed by atoms with van der Waals surface area (Å²) >= 11 is 6.12. The molecule has 0 fully saturated rings. The summed E-state index contributed by atoms with van der Waals surface area (Å²) in [4.78, 5) is 16.4. The molecule has 0 saturated carbocycles. The molecule has 5 nitrogen and oxygen atoms in total. The molecule has 3 rings (SSSR count). The number of aliphatic hydroxyl groups excluding tert-OH is 1. The molecule has 1 heterocycles. The van der Waals surface area contributed by atoms with E-state index < -0.39 is 6.10 Å². The van der Waals surface area contributed by atoms with Crippen LogP contribution in [0, 0.1) is 0 Å². The molecule has 0 aliphatic carbocycles. The van der Waals surface area contributed by atoms with Crippen LogP contribution in [0.5, 0.6) is 5.75 Å². The Morgan fingerprint density at radius 2 is 2.07 bits per heavy atom. The van der Waals surface area contributed by atoms with Gasteiger partial charge in [-0.15, -0.1) is 0 Å². The lowest BCUT2D eigenvalue weighted by atomic mass is 10.1. The van der Waals surface area contributed by atoms with E-state index in [2.05, 4.69) is 4.90 Å². The van der Waals surface area contributed by atoms with Crippen molar-refractivity contribution < 1.29 is 14.6 Å². The van der Waals surface area contributed by atoms with Crippen molar-refractivity contribution in [3.63, 3.8) is 0 Å². The summed E-state index contributed by atoms with van der Waals surface area (Å²) in [5, 5.41) is 11.0. The second-order valence-corrected chi connectivity index (χ2v) is 7.80. The Balaban J connectivity index is 1.54. The molecule has 1 aliphatic heterocycles. The monoisotopic (exact) mass is 402 g/mol. The Morgan fingerprint density at radius 3 is 2.82 bits per heavy atom. The molecule has 1 amide bonds. The van der Waals surface area contributed by atoms with Crippen LogP contribution in [0.15, 0.2) is 48.5 Å². The zero-order valence-electron chi connectivity index (χ0n) is 16.3. The highest BCUT2D eigenvalue weighted by atomic mass is 35.5. The van der Waals surface area contributed by atoms with Crippen molar-refractivity contribution in [2.24, 2.45) is 0 Å². The Morgan fingerprint density at radius 1 is 1.32 bits per heavy atom. The smallest absolute Gasteiger partial charge is 0.223 e. The van der Waals surface area contributed by atoms with Crippen molar-refractivity contribution in [1.82, 2.24) is 9.80 Å². The molecule has 0 aromatic heterocycles. The van der Waals surface area contributed by atoms with Crippen molar-refractivity contribution in [3.05, 3.63) is 64.7 Å². The van der Waals surface area contributed by atoms with Crippen LogP contribution >= 0.6 is 11.6 Å². The summed E-state index contributed by atoms with van der Waals surface area (Å²) in [6.45, 7) is 4.38. The molecule has 0 spiro atoms. The van der Waals surface area contributed by atoms with Crippen LogP contribution in [-0.4, -0.2) is 53.6 Å². The van der Waals surface area contributed by atoms with Crippen molar-refractivity contribution in [3.8, 4) is 5.75 Å². The van der Waals surface area contributed by atoms with Crippen LogP contribution < -0.4 is 4.74 Å². The van der Waals surface area contributed by atoms with E-state index in [0.29, 0.717) is 24.5 Å². The third-order valence-corrected chi connectivity index (χ3v) is 5.19. The van der Waals surface area contributed by atoms with Crippen molar-refractivity contribution in [2.75, 3.05) is 26.7 Å². The molecular weight excluding hydrogens is 376 g/mol. The lowest BCUT2D eigenvalue weighted by Gasteiger charge is -2.24. The molecular formula is C22H27ClN2O3. The average molecular weight is 403 g/mol. The van der Waals surface area contributed by atoms with Crippen LogP contribution in [0.3, 0.4) is 0 Å². The molecule has 0 saturated heterocycles. The minimum Gasteiger partial charge on any atom is -0.489 e. The third-order valence-electron chi connectivity index (χ3n) is 4.96. The number of fused-ring (bicyclic) bond motifs is 1. The Labute approximate surface area is 171 Å². The van der Waals surface area contributed by atoms with Crippen LogP contribution in [0.4, 0.5) is 0 Å². The molecule has 2 aromatic carbocycles. The first kappa shape index (κ1) is 20.6. The molecule has 0 bridgehead atoms. The number of carbonyl (C=O) groups excluding carboxylic acids is 1. The topological polar surface area (TPSA) is 53.0 Å². The maximum Gasteiger partial charge on any atom is 0.223 e. The highest BCUT2D eigenvalue weighted by molar-refractivity contribution is 6.30. The van der Waals surface area contributed by atoms with Gasteiger partial charge in [-0.3, -0.25) is 9.69 Å². The number of halogens is 1. The summed E-state index contributed by atoms with van der Waals surface area (Å²) in [7, 11) is 1.73. The predicted molar refractivity (Wildman–Crippen MR) is 110 cm³/mol. The van der Waals surface area contributed by atoms with E-state index in [-0.39, 0.29) is 18.6 Å². The summed E-state index contributed by atoms with van der Waals surface area (Å²) in [5.74, 6) is 0.868. The number of aliphatic hydroxyl groups is 1. The predicted octanol–water partition coefficient (Wildman–Crippen LogP) is 3.51. The average Bonchev–Trinajstić information content (AvgIpc) is 2.83. The number of nitrogens with zero attached hydrogens (tertiary/aromatic N) is 2. The number of likely N-dealkylation sites (N-methyl/N-ethyl adjacent to an activating group) is 1. The van der Waals surface area contributed by atoms with Crippen LogP contribution in [0.1, 0.15) is 30.6 Å². The normalized spacial score (nSPS) is 17.9. The number of carbonyl (C=O) groups is 1. The number of hydrogen-bond acceptors (Lipinski definition) is 4. The van der Waals surface area contributed by atoms with Gasteiger partial charge in [0.2, 0.25) is 5.91 Å². The van der Waals surface area contributed by atoms with E-state index in [1.807, 2.05) is 55.5 Å². The maximum absolute atomic E-state index is 12.6. The van der Waals surface area contributed by atoms with Crippen LogP contribution in [0.25, 0.3) is 0 Å². The summed E-state index contributed by atoms with van der Waals surface area (Å²) in [6.07, 6.45) is -0.258. The van der Waals surface area contributed by atoms with E-state index in [0.717, 1.165) is 23.4 Å². The van der Waals surface area contributed by atoms with Gasteiger partial charge < -0.3 is 14.7 Å². The number of hydrogen-bond donors (Lipinski definition) is 1. The first-order valence-corrected chi connectivity index (χ1v) is 9.94. The van der Waals surface area contributed by atoms with E-state index in [1.54, 1.807) is 11.9 Å². The van der Waals surface area contributed by atoms with Gasteiger partial charge in [-0.05, 0) is 30.7 Å². The first-order valence-electron chi connectivity index (χ1n) is 9.57. The highest BCUT2D eigenvalue weighted by Crippen LogP contribution is 2.28. The lowest BCUT2D eigenvalue weighted by molar-refractivity contribution is -0.131. The number of benzene rings is 2. The van der Waals surface area contributed by atoms with E-state index >= 15 is 0 Å². The SMILES string of the molecule is C[C@H]1CN(CCC(=O)N(C)C[C@@H](O)c2ccccc2)Cc2cc(Cl)ccc2O1.